The maximum Gasteiger partial charge on any atom is 0.293 e. The SMILES string of the molecule is Cc1ccc(COc2ccc(Br)cc2/C=C2\SC(=O)N(Cc3ccc(Br)cc3)C2=O)cc1. The molecule has 162 valence electrons. The van der Waals surface area contributed by atoms with Crippen LogP contribution in [0.3, 0.4) is 0 Å². The van der Waals surface area contributed by atoms with Crippen molar-refractivity contribution < 1.29 is 14.3 Å². The normalized spacial score (nSPS) is 15.0. The standard InChI is InChI=1S/C25H19Br2NO3S/c1-16-2-4-18(5-3-16)15-31-22-11-10-21(27)12-19(22)13-23-24(29)28(25(30)32-23)14-17-6-8-20(26)9-7-17/h2-13H,14-15H2,1H3/b23-13-. The highest BCUT2D eigenvalue weighted by atomic mass is 79.9. The van der Waals surface area contributed by atoms with E-state index >= 15 is 0 Å². The van der Waals surface area contributed by atoms with Gasteiger partial charge in [-0.3, -0.25) is 14.5 Å². The minimum atomic E-state index is -0.299. The van der Waals surface area contributed by atoms with Crippen LogP contribution in [0, 0.1) is 6.92 Å². The number of benzene rings is 3. The van der Waals surface area contributed by atoms with E-state index in [9.17, 15) is 9.59 Å². The molecular formula is C25H19Br2NO3S. The summed E-state index contributed by atoms with van der Waals surface area (Å²) in [6, 6.07) is 21.3. The minimum absolute atomic E-state index is 0.241. The van der Waals surface area contributed by atoms with Gasteiger partial charge in [-0.1, -0.05) is 73.8 Å². The van der Waals surface area contributed by atoms with Crippen molar-refractivity contribution in [1.29, 1.82) is 0 Å². The molecule has 0 N–H and O–H groups in total. The fourth-order valence-corrected chi connectivity index (χ4v) is 4.63. The Kier molecular flexibility index (Phi) is 7.18. The number of carbonyl (C=O) groups excluding carboxylic acids is 2. The highest BCUT2D eigenvalue weighted by molar-refractivity contribution is 9.10. The Hall–Kier alpha value is -2.35. The lowest BCUT2D eigenvalue weighted by Crippen LogP contribution is -2.27. The van der Waals surface area contributed by atoms with Crippen molar-refractivity contribution in [3.8, 4) is 5.75 Å². The van der Waals surface area contributed by atoms with Crippen molar-refractivity contribution >= 4 is 60.8 Å². The largest absolute Gasteiger partial charge is 0.488 e. The zero-order valence-corrected chi connectivity index (χ0v) is 21.2. The smallest absolute Gasteiger partial charge is 0.293 e. The van der Waals surface area contributed by atoms with E-state index in [1.54, 1.807) is 6.08 Å². The molecule has 0 bridgehead atoms. The second kappa shape index (κ2) is 10.1. The summed E-state index contributed by atoms with van der Waals surface area (Å²) in [6.45, 7) is 2.69. The fraction of sp³-hybridized carbons (Fsp3) is 0.120. The first kappa shape index (κ1) is 22.8. The van der Waals surface area contributed by atoms with Crippen LogP contribution >= 0.6 is 43.6 Å². The summed E-state index contributed by atoms with van der Waals surface area (Å²) in [4.78, 5) is 27.1. The fourth-order valence-electron chi connectivity index (χ4n) is 3.16. The molecule has 0 saturated carbocycles. The van der Waals surface area contributed by atoms with Gasteiger partial charge < -0.3 is 4.74 Å². The number of rotatable bonds is 6. The van der Waals surface area contributed by atoms with E-state index < -0.39 is 0 Å². The maximum atomic E-state index is 13.0. The van der Waals surface area contributed by atoms with E-state index in [1.807, 2.05) is 73.7 Å². The number of thioether (sulfide) groups is 1. The zero-order chi connectivity index (χ0) is 22.7. The molecule has 1 saturated heterocycles. The lowest BCUT2D eigenvalue weighted by Gasteiger charge is -2.13. The van der Waals surface area contributed by atoms with Gasteiger partial charge >= 0.3 is 0 Å². The van der Waals surface area contributed by atoms with E-state index in [0.29, 0.717) is 17.3 Å². The summed E-state index contributed by atoms with van der Waals surface area (Å²) >= 11 is 7.82. The predicted octanol–water partition coefficient (Wildman–Crippen LogP) is 7.34. The first-order valence-electron chi connectivity index (χ1n) is 9.87. The molecule has 0 unspecified atom stereocenters. The molecule has 0 aliphatic carbocycles. The van der Waals surface area contributed by atoms with Crippen molar-refractivity contribution in [2.75, 3.05) is 0 Å². The average Bonchev–Trinajstić information content (AvgIpc) is 3.03. The average molecular weight is 573 g/mol. The van der Waals surface area contributed by atoms with Crippen molar-refractivity contribution in [1.82, 2.24) is 4.90 Å². The van der Waals surface area contributed by atoms with E-state index in [4.69, 9.17) is 4.74 Å². The Bertz CT molecular complexity index is 1190. The molecule has 32 heavy (non-hydrogen) atoms. The highest BCUT2D eigenvalue weighted by Gasteiger charge is 2.35. The lowest BCUT2D eigenvalue weighted by atomic mass is 10.1. The van der Waals surface area contributed by atoms with E-state index in [2.05, 4.69) is 31.9 Å². The number of hydrogen-bond acceptors (Lipinski definition) is 4. The Morgan fingerprint density at radius 3 is 2.28 bits per heavy atom. The Balaban J connectivity index is 1.54. The third-order valence-corrected chi connectivity index (χ3v) is 6.83. The van der Waals surface area contributed by atoms with Gasteiger partial charge in [-0.2, -0.15) is 0 Å². The van der Waals surface area contributed by atoms with Crippen LogP contribution in [0.5, 0.6) is 5.75 Å². The number of amides is 2. The first-order valence-corrected chi connectivity index (χ1v) is 12.3. The molecular weight excluding hydrogens is 554 g/mol. The summed E-state index contributed by atoms with van der Waals surface area (Å²) in [5.74, 6) is 0.348. The van der Waals surface area contributed by atoms with Gasteiger partial charge in [-0.15, -0.1) is 0 Å². The number of halogens is 2. The summed E-state index contributed by atoms with van der Waals surface area (Å²) < 4.78 is 7.84. The molecule has 0 atom stereocenters. The van der Waals surface area contributed by atoms with Gasteiger partial charge in [-0.25, -0.2) is 0 Å². The second-order valence-electron chi connectivity index (χ2n) is 7.35. The number of carbonyl (C=O) groups is 2. The molecule has 3 aromatic rings. The van der Waals surface area contributed by atoms with Crippen LogP contribution in [0.25, 0.3) is 6.08 Å². The molecule has 0 spiro atoms. The molecule has 0 radical (unpaired) electrons. The molecule has 4 nitrogen and oxygen atoms in total. The van der Waals surface area contributed by atoms with E-state index in [1.165, 1.54) is 10.5 Å². The molecule has 0 aromatic heterocycles. The van der Waals surface area contributed by atoms with Gasteiger partial charge in [0, 0.05) is 14.5 Å². The van der Waals surface area contributed by atoms with Crippen molar-refractivity contribution in [3.63, 3.8) is 0 Å². The van der Waals surface area contributed by atoms with Crippen LogP contribution in [0.15, 0.2) is 80.6 Å². The van der Waals surface area contributed by atoms with E-state index in [0.717, 1.165) is 37.4 Å². The topological polar surface area (TPSA) is 46.6 Å². The van der Waals surface area contributed by atoms with Gasteiger partial charge in [-0.05, 0) is 66.2 Å². The molecule has 1 fully saturated rings. The summed E-state index contributed by atoms with van der Waals surface area (Å²) in [5.41, 5.74) is 3.87. The molecule has 1 heterocycles. The predicted molar refractivity (Wildman–Crippen MR) is 135 cm³/mol. The lowest BCUT2D eigenvalue weighted by molar-refractivity contribution is -0.123. The third kappa shape index (κ3) is 5.52. The van der Waals surface area contributed by atoms with Gasteiger partial charge in [0.1, 0.15) is 12.4 Å². The number of imide groups is 1. The van der Waals surface area contributed by atoms with Crippen molar-refractivity contribution in [2.24, 2.45) is 0 Å². The van der Waals surface area contributed by atoms with Crippen molar-refractivity contribution in [2.45, 2.75) is 20.1 Å². The molecule has 4 rings (SSSR count). The van der Waals surface area contributed by atoms with Gasteiger partial charge in [0.15, 0.2) is 0 Å². The summed E-state index contributed by atoms with van der Waals surface area (Å²) in [5, 5.41) is -0.277. The van der Waals surface area contributed by atoms with Gasteiger partial charge in [0.25, 0.3) is 11.1 Å². The number of hydrogen-bond donors (Lipinski definition) is 0. The Morgan fingerprint density at radius 1 is 0.906 bits per heavy atom. The van der Waals surface area contributed by atoms with E-state index in [-0.39, 0.29) is 17.7 Å². The van der Waals surface area contributed by atoms with Crippen LogP contribution in [-0.4, -0.2) is 16.0 Å². The second-order valence-corrected chi connectivity index (χ2v) is 10.2. The number of nitrogens with zero attached hydrogens (tertiary/aromatic N) is 1. The maximum absolute atomic E-state index is 13.0. The van der Waals surface area contributed by atoms with Crippen LogP contribution in [0.2, 0.25) is 0 Å². The van der Waals surface area contributed by atoms with Crippen LogP contribution < -0.4 is 4.74 Å². The third-order valence-electron chi connectivity index (χ3n) is 4.90. The first-order chi connectivity index (χ1) is 15.4. The Labute approximate surface area is 207 Å². The molecule has 3 aromatic carbocycles. The summed E-state index contributed by atoms with van der Waals surface area (Å²) in [6.07, 6.45) is 1.72. The zero-order valence-electron chi connectivity index (χ0n) is 17.2. The number of aryl methyl sites for hydroxylation is 1. The highest BCUT2D eigenvalue weighted by Crippen LogP contribution is 2.36. The van der Waals surface area contributed by atoms with Gasteiger partial charge in [0.2, 0.25) is 0 Å². The minimum Gasteiger partial charge on any atom is -0.488 e. The van der Waals surface area contributed by atoms with Crippen LogP contribution in [-0.2, 0) is 17.9 Å². The summed E-state index contributed by atoms with van der Waals surface area (Å²) in [7, 11) is 0. The van der Waals surface area contributed by atoms with Gasteiger partial charge in [0.05, 0.1) is 11.4 Å². The van der Waals surface area contributed by atoms with Crippen LogP contribution in [0.1, 0.15) is 22.3 Å². The monoisotopic (exact) mass is 571 g/mol. The molecule has 2 amide bonds. The molecule has 7 heteroatoms. The molecule has 1 aliphatic heterocycles. The van der Waals surface area contributed by atoms with Crippen LogP contribution in [0.4, 0.5) is 4.79 Å². The van der Waals surface area contributed by atoms with Crippen molar-refractivity contribution in [3.05, 3.63) is 103 Å². The Morgan fingerprint density at radius 2 is 1.56 bits per heavy atom. The molecule has 1 aliphatic rings. The number of ether oxygens (including phenoxy) is 1. The quantitative estimate of drug-likeness (QED) is 0.290.